The van der Waals surface area contributed by atoms with Crippen LogP contribution in [0.2, 0.25) is 0 Å². The Kier molecular flexibility index (Phi) is 6.11. The van der Waals surface area contributed by atoms with E-state index in [1.807, 2.05) is 48.5 Å². The number of nitrogens with one attached hydrogen (secondary N) is 2. The maximum atomic E-state index is 13.7. The lowest BCUT2D eigenvalue weighted by Crippen LogP contribution is -2.65. The molecule has 0 bridgehead atoms. The number of carbonyl (C=O) groups is 1. The molecule has 184 valence electrons. The number of anilines is 2. The number of hydrogen-bond donors (Lipinski definition) is 3. The number of amides is 1. The maximum absolute atomic E-state index is 13.7. The van der Waals surface area contributed by atoms with Crippen molar-refractivity contribution in [2.45, 2.75) is 17.0 Å². The zero-order chi connectivity index (χ0) is 25.4. The molecule has 0 radical (unpaired) electrons. The highest BCUT2D eigenvalue weighted by Crippen LogP contribution is 2.32. The second kappa shape index (κ2) is 9.25. The Hall–Kier alpha value is -3.95. The fraction of sp³-hybridized carbons (Fsp3) is 0.185. The van der Waals surface area contributed by atoms with Crippen molar-refractivity contribution in [3.05, 3.63) is 90.6 Å². The van der Waals surface area contributed by atoms with Gasteiger partial charge < -0.3 is 16.0 Å². The zero-order valence-electron chi connectivity index (χ0n) is 19.8. The standard InChI is InChI=1S/C27H27N5O3S/c1-36(34,35)24-8-3-2-7-22(24)18-9-11-20(12-10-18)32-15-13-23-25(27(32)33)31(16-14-30-23)21-6-4-5-19(17-21)26(28)29/h2-13,15,17,23,25,30H,14,16H2,1H3,(H3,28,29). The minimum atomic E-state index is -3.38. The zero-order valence-corrected chi connectivity index (χ0v) is 20.6. The van der Waals surface area contributed by atoms with Crippen molar-refractivity contribution in [2.75, 3.05) is 29.1 Å². The van der Waals surface area contributed by atoms with Gasteiger partial charge in [-0.05, 0) is 42.0 Å². The minimum absolute atomic E-state index is 0.0161. The molecule has 2 aliphatic heterocycles. The summed E-state index contributed by atoms with van der Waals surface area (Å²) in [5, 5.41) is 11.2. The number of sulfone groups is 1. The quantitative estimate of drug-likeness (QED) is 0.365. The fourth-order valence-electron chi connectivity index (χ4n) is 4.84. The molecule has 4 N–H and O–H groups in total. The van der Waals surface area contributed by atoms with Gasteiger partial charge in [-0.1, -0.05) is 42.5 Å². The third-order valence-corrected chi connectivity index (χ3v) is 7.73. The number of nitrogens with two attached hydrogens (primary N) is 1. The number of amidine groups is 1. The van der Waals surface area contributed by atoms with E-state index in [1.54, 1.807) is 41.4 Å². The Labute approximate surface area is 210 Å². The van der Waals surface area contributed by atoms with Gasteiger partial charge in [-0.25, -0.2) is 8.42 Å². The molecule has 2 aliphatic rings. The highest BCUT2D eigenvalue weighted by Gasteiger charge is 2.40. The molecule has 0 saturated carbocycles. The predicted molar refractivity (Wildman–Crippen MR) is 142 cm³/mol. The average Bonchev–Trinajstić information content (AvgIpc) is 2.88. The molecule has 0 spiro atoms. The number of hydrogen-bond acceptors (Lipinski definition) is 6. The van der Waals surface area contributed by atoms with Gasteiger partial charge in [0.25, 0.3) is 5.91 Å². The third kappa shape index (κ3) is 4.38. The smallest absolute Gasteiger partial charge is 0.255 e. The number of nitrogen functional groups attached to an aromatic ring is 1. The predicted octanol–water partition coefficient (Wildman–Crippen LogP) is 2.75. The second-order valence-corrected chi connectivity index (χ2v) is 10.9. The molecule has 8 nitrogen and oxygen atoms in total. The van der Waals surface area contributed by atoms with Gasteiger partial charge >= 0.3 is 0 Å². The van der Waals surface area contributed by atoms with Gasteiger partial charge in [-0.3, -0.25) is 15.1 Å². The van der Waals surface area contributed by atoms with Crippen LogP contribution in [0.3, 0.4) is 0 Å². The largest absolute Gasteiger partial charge is 0.384 e. The Bertz CT molecular complexity index is 1470. The van der Waals surface area contributed by atoms with Crippen LogP contribution >= 0.6 is 0 Å². The van der Waals surface area contributed by atoms with E-state index in [2.05, 4.69) is 10.2 Å². The first-order valence-corrected chi connectivity index (χ1v) is 13.5. The van der Waals surface area contributed by atoms with Gasteiger partial charge in [0.2, 0.25) is 0 Å². The van der Waals surface area contributed by atoms with Gasteiger partial charge in [0, 0.05) is 48.0 Å². The van der Waals surface area contributed by atoms with Crippen molar-refractivity contribution < 1.29 is 13.2 Å². The number of piperazine rings is 1. The number of benzene rings is 3. The van der Waals surface area contributed by atoms with Crippen LogP contribution in [0.15, 0.2) is 90.0 Å². The number of rotatable bonds is 5. The molecular weight excluding hydrogens is 474 g/mol. The first-order valence-electron chi connectivity index (χ1n) is 11.6. The summed E-state index contributed by atoms with van der Waals surface area (Å²) in [5.41, 5.74) is 9.22. The Morgan fingerprint density at radius 1 is 1.03 bits per heavy atom. The molecule has 5 rings (SSSR count). The van der Waals surface area contributed by atoms with E-state index in [4.69, 9.17) is 11.1 Å². The minimum Gasteiger partial charge on any atom is -0.384 e. The molecule has 9 heteroatoms. The fourth-order valence-corrected chi connectivity index (χ4v) is 5.75. The summed E-state index contributed by atoms with van der Waals surface area (Å²) < 4.78 is 24.5. The Morgan fingerprint density at radius 2 is 1.78 bits per heavy atom. The molecule has 0 aliphatic carbocycles. The van der Waals surface area contributed by atoms with Crippen LogP contribution in [0.4, 0.5) is 11.4 Å². The lowest BCUT2D eigenvalue weighted by atomic mass is 9.97. The van der Waals surface area contributed by atoms with E-state index in [1.165, 1.54) is 6.26 Å². The van der Waals surface area contributed by atoms with Crippen molar-refractivity contribution in [1.29, 1.82) is 5.41 Å². The second-order valence-electron chi connectivity index (χ2n) is 8.95. The molecule has 1 saturated heterocycles. The highest BCUT2D eigenvalue weighted by atomic mass is 32.2. The number of carbonyl (C=O) groups excluding carboxylic acids is 1. The van der Waals surface area contributed by atoms with Crippen molar-refractivity contribution >= 4 is 33.0 Å². The summed E-state index contributed by atoms with van der Waals surface area (Å²) in [6.45, 7) is 1.36. The van der Waals surface area contributed by atoms with Crippen LogP contribution in [0.5, 0.6) is 0 Å². The number of nitrogens with zero attached hydrogens (tertiary/aromatic N) is 2. The van der Waals surface area contributed by atoms with Gasteiger partial charge in [0.05, 0.1) is 10.9 Å². The molecule has 2 heterocycles. The van der Waals surface area contributed by atoms with E-state index in [-0.39, 0.29) is 22.7 Å². The molecule has 3 aromatic carbocycles. The lowest BCUT2D eigenvalue weighted by molar-refractivity contribution is -0.120. The Morgan fingerprint density at radius 3 is 2.50 bits per heavy atom. The highest BCUT2D eigenvalue weighted by molar-refractivity contribution is 7.90. The van der Waals surface area contributed by atoms with Crippen LogP contribution in [-0.2, 0) is 14.6 Å². The van der Waals surface area contributed by atoms with Gasteiger partial charge in [-0.2, -0.15) is 0 Å². The molecule has 36 heavy (non-hydrogen) atoms. The molecule has 2 unspecified atom stereocenters. The summed E-state index contributed by atoms with van der Waals surface area (Å²) in [4.78, 5) is 17.7. The van der Waals surface area contributed by atoms with Crippen LogP contribution in [0, 0.1) is 5.41 Å². The lowest BCUT2D eigenvalue weighted by Gasteiger charge is -2.45. The van der Waals surface area contributed by atoms with Crippen molar-refractivity contribution in [3.63, 3.8) is 0 Å². The molecular formula is C27H27N5O3S. The Balaban J connectivity index is 1.46. The molecule has 1 amide bonds. The van der Waals surface area contributed by atoms with Crippen LogP contribution in [-0.4, -0.2) is 51.6 Å². The van der Waals surface area contributed by atoms with E-state index in [0.717, 1.165) is 17.8 Å². The van der Waals surface area contributed by atoms with Gasteiger partial charge in [-0.15, -0.1) is 0 Å². The number of fused-ring (bicyclic) bond motifs is 1. The van der Waals surface area contributed by atoms with E-state index in [9.17, 15) is 13.2 Å². The van der Waals surface area contributed by atoms with Crippen molar-refractivity contribution in [2.24, 2.45) is 5.73 Å². The first-order chi connectivity index (χ1) is 17.2. The van der Waals surface area contributed by atoms with E-state index in [0.29, 0.717) is 23.4 Å². The average molecular weight is 502 g/mol. The maximum Gasteiger partial charge on any atom is 0.255 e. The van der Waals surface area contributed by atoms with Crippen LogP contribution in [0.25, 0.3) is 11.1 Å². The van der Waals surface area contributed by atoms with Crippen molar-refractivity contribution in [1.82, 2.24) is 5.32 Å². The van der Waals surface area contributed by atoms with E-state index >= 15 is 0 Å². The molecule has 0 aromatic heterocycles. The normalized spacial score (nSPS) is 19.8. The first kappa shape index (κ1) is 23.8. The molecule has 3 aromatic rings. The van der Waals surface area contributed by atoms with Crippen molar-refractivity contribution in [3.8, 4) is 11.1 Å². The van der Waals surface area contributed by atoms with Crippen LogP contribution in [0.1, 0.15) is 5.56 Å². The monoisotopic (exact) mass is 501 g/mol. The summed E-state index contributed by atoms with van der Waals surface area (Å²) >= 11 is 0. The summed E-state index contributed by atoms with van der Waals surface area (Å²) in [6, 6.07) is 21.0. The summed E-state index contributed by atoms with van der Waals surface area (Å²) in [6.07, 6.45) is 4.97. The third-order valence-electron chi connectivity index (χ3n) is 6.57. The topological polar surface area (TPSA) is 120 Å². The van der Waals surface area contributed by atoms with Gasteiger partial charge in [0.15, 0.2) is 9.84 Å². The summed E-state index contributed by atoms with van der Waals surface area (Å²) in [5.74, 6) is -0.0928. The van der Waals surface area contributed by atoms with Crippen LogP contribution < -0.4 is 20.9 Å². The molecule has 1 fully saturated rings. The molecule has 2 atom stereocenters. The SMILES string of the molecule is CS(=O)(=O)c1ccccc1-c1ccc(N2C=CC3NCCN(c4cccc(C(=N)N)c4)C3C2=O)cc1. The van der Waals surface area contributed by atoms with Gasteiger partial charge in [0.1, 0.15) is 11.9 Å². The van der Waals surface area contributed by atoms with E-state index < -0.39 is 15.9 Å². The summed E-state index contributed by atoms with van der Waals surface area (Å²) in [7, 11) is -3.38.